The van der Waals surface area contributed by atoms with E-state index in [1.54, 1.807) is 39.8 Å². The van der Waals surface area contributed by atoms with Crippen LogP contribution in [0.25, 0.3) is 0 Å². The van der Waals surface area contributed by atoms with Crippen molar-refractivity contribution in [3.05, 3.63) is 41.0 Å². The second kappa shape index (κ2) is 16.8. The third-order valence-electron chi connectivity index (χ3n) is 5.80. The van der Waals surface area contributed by atoms with Crippen molar-refractivity contribution >= 4 is 40.5 Å². The van der Waals surface area contributed by atoms with Gasteiger partial charge in [0.15, 0.2) is 5.66 Å². The fraction of sp³-hybridized carbons (Fsp3) is 0.586. The number of rotatable bonds is 16. The fourth-order valence-corrected chi connectivity index (χ4v) is 4.77. The lowest BCUT2D eigenvalue weighted by atomic mass is 10.1. The molecule has 4 N–H and O–H groups in total. The topological polar surface area (TPSA) is 184 Å². The first kappa shape index (κ1) is 35.5. The lowest BCUT2D eigenvalue weighted by Gasteiger charge is -2.24. The number of carbonyl (C=O) groups is 3. The highest BCUT2D eigenvalue weighted by Crippen LogP contribution is 2.28. The van der Waals surface area contributed by atoms with Crippen LogP contribution in [0.15, 0.2) is 44.1 Å². The third-order valence-corrected chi connectivity index (χ3v) is 7.04. The number of ether oxygens (including phenoxy) is 2. The number of oxime groups is 1. The van der Waals surface area contributed by atoms with Crippen molar-refractivity contribution in [1.29, 1.82) is 0 Å². The van der Waals surface area contributed by atoms with Gasteiger partial charge in [-0.3, -0.25) is 10.5 Å². The number of thioether (sulfide) groups is 1. The Morgan fingerprint density at radius 2 is 2.02 bits per heavy atom. The quantitative estimate of drug-likeness (QED) is 0.0802. The predicted octanol–water partition coefficient (Wildman–Crippen LogP) is 3.97. The van der Waals surface area contributed by atoms with Crippen molar-refractivity contribution < 1.29 is 33.1 Å². The van der Waals surface area contributed by atoms with Gasteiger partial charge in [-0.2, -0.15) is 0 Å². The van der Waals surface area contributed by atoms with Crippen LogP contribution in [0.3, 0.4) is 0 Å². The van der Waals surface area contributed by atoms with E-state index in [4.69, 9.17) is 24.5 Å². The van der Waals surface area contributed by atoms with Crippen LogP contribution in [-0.2, 0) is 19.2 Å². The normalized spacial score (nSPS) is 17.4. The van der Waals surface area contributed by atoms with Crippen LogP contribution in [0.4, 0.5) is 4.79 Å². The number of nitrogens with two attached hydrogens (primary N) is 1. The number of unbranched alkanes of at least 4 members (excludes halogenated alkanes) is 2. The Hall–Kier alpha value is -3.65. The van der Waals surface area contributed by atoms with E-state index in [0.29, 0.717) is 55.2 Å². The average molecular weight is 622 g/mol. The van der Waals surface area contributed by atoms with E-state index < -0.39 is 40.9 Å². The molecule has 0 aliphatic carbocycles. The summed E-state index contributed by atoms with van der Waals surface area (Å²) in [7, 11) is 0. The Bertz CT molecular complexity index is 1260. The molecule has 13 nitrogen and oxygen atoms in total. The van der Waals surface area contributed by atoms with Gasteiger partial charge in [-0.15, -0.1) is 11.8 Å². The standard InChI is InChI=1S/C29H43N5O8S/c1-7-12-21(22-16-20(39-15-8-2)17-24(36)40-22)32-26(37)29(30)18-43-25(33-29)19(3)34-42-23(35)13-10-9-11-14-31-27(38)41-28(4,5)6/h8,16-17,21H,2,7,9-15,18,30H2,1,3-6H3,(H,31,38)(H,32,37)/b34-19+/t21-,29+/m1/s1. The molecule has 0 saturated carbocycles. The van der Waals surface area contributed by atoms with Crippen molar-refractivity contribution in [2.45, 2.75) is 90.4 Å². The van der Waals surface area contributed by atoms with Gasteiger partial charge in [-0.1, -0.05) is 37.6 Å². The van der Waals surface area contributed by atoms with Crippen LogP contribution in [0, 0.1) is 0 Å². The molecule has 0 radical (unpaired) electrons. The smallest absolute Gasteiger partial charge is 0.407 e. The van der Waals surface area contributed by atoms with E-state index in [1.165, 1.54) is 17.8 Å². The summed E-state index contributed by atoms with van der Waals surface area (Å²) in [5.41, 5.74) is 3.89. The summed E-state index contributed by atoms with van der Waals surface area (Å²) in [6, 6.07) is 2.14. The molecule has 0 spiro atoms. The molecular weight excluding hydrogens is 578 g/mol. The lowest BCUT2D eigenvalue weighted by molar-refractivity contribution is -0.143. The Kier molecular flexibility index (Phi) is 13.9. The molecule has 2 rings (SSSR count). The van der Waals surface area contributed by atoms with E-state index >= 15 is 0 Å². The van der Waals surface area contributed by atoms with E-state index in [0.717, 1.165) is 0 Å². The third kappa shape index (κ3) is 12.6. The average Bonchev–Trinajstić information content (AvgIpc) is 3.34. The largest absolute Gasteiger partial charge is 0.489 e. The summed E-state index contributed by atoms with van der Waals surface area (Å²) >= 11 is 1.21. The zero-order valence-electron chi connectivity index (χ0n) is 25.5. The molecule has 2 heterocycles. The molecule has 0 unspecified atom stereocenters. The van der Waals surface area contributed by atoms with Crippen molar-refractivity contribution in [3.63, 3.8) is 0 Å². The number of hydrogen-bond donors (Lipinski definition) is 3. The number of carbonyl (C=O) groups excluding carboxylic acids is 3. The van der Waals surface area contributed by atoms with Gasteiger partial charge in [0.1, 0.15) is 34.5 Å². The van der Waals surface area contributed by atoms with Crippen molar-refractivity contribution in [1.82, 2.24) is 10.6 Å². The lowest BCUT2D eigenvalue weighted by Crippen LogP contribution is -2.54. The molecule has 0 fully saturated rings. The molecule has 2 amide bonds. The summed E-state index contributed by atoms with van der Waals surface area (Å²) < 4.78 is 16.0. The van der Waals surface area contributed by atoms with E-state index in [1.807, 2.05) is 6.92 Å². The van der Waals surface area contributed by atoms with Crippen LogP contribution < -0.4 is 26.7 Å². The zero-order chi connectivity index (χ0) is 32.0. The molecule has 1 aliphatic rings. The Balaban J connectivity index is 1.89. The fourth-order valence-electron chi connectivity index (χ4n) is 3.75. The van der Waals surface area contributed by atoms with Crippen molar-refractivity contribution in [2.24, 2.45) is 15.9 Å². The Labute approximate surface area is 256 Å². The van der Waals surface area contributed by atoms with Crippen LogP contribution in [0.2, 0.25) is 0 Å². The molecule has 0 saturated heterocycles. The number of alkyl carbamates (subject to hydrolysis) is 1. The van der Waals surface area contributed by atoms with E-state index in [-0.39, 0.29) is 24.5 Å². The number of amides is 2. The minimum absolute atomic E-state index is 0.136. The van der Waals surface area contributed by atoms with Gasteiger partial charge in [-0.25, -0.2) is 19.4 Å². The van der Waals surface area contributed by atoms with Crippen LogP contribution in [0.1, 0.15) is 84.9 Å². The van der Waals surface area contributed by atoms with Gasteiger partial charge < -0.3 is 29.4 Å². The molecule has 43 heavy (non-hydrogen) atoms. The highest BCUT2D eigenvalue weighted by atomic mass is 32.2. The summed E-state index contributed by atoms with van der Waals surface area (Å²) in [6.07, 6.45) is 4.35. The number of nitrogens with one attached hydrogen (secondary N) is 2. The van der Waals surface area contributed by atoms with Crippen molar-refractivity contribution in [2.75, 3.05) is 18.9 Å². The number of aliphatic imine (C=N–C) groups is 1. The summed E-state index contributed by atoms with van der Waals surface area (Å²) in [5, 5.41) is 9.75. The molecule has 238 valence electrons. The molecule has 1 aliphatic heterocycles. The van der Waals surface area contributed by atoms with E-state index in [9.17, 15) is 19.2 Å². The Morgan fingerprint density at radius 3 is 2.70 bits per heavy atom. The SMILES string of the molecule is C=CCOc1cc([C@@H](CCC)NC(=O)[C@]2(N)CSC(/C(C)=N/OC(=O)CCCCCNC(=O)OC(C)(C)C)=N2)oc(=O)c1. The predicted molar refractivity (Wildman–Crippen MR) is 165 cm³/mol. The summed E-state index contributed by atoms with van der Waals surface area (Å²) in [5.74, 6) is -0.388. The molecule has 14 heteroatoms. The first-order valence-corrected chi connectivity index (χ1v) is 15.2. The maximum atomic E-state index is 13.2. The number of nitrogens with zero attached hydrogens (tertiary/aromatic N) is 2. The Morgan fingerprint density at radius 1 is 1.28 bits per heavy atom. The number of hydrogen-bond acceptors (Lipinski definition) is 12. The highest BCUT2D eigenvalue weighted by molar-refractivity contribution is 8.16. The molecule has 1 aromatic rings. The van der Waals surface area contributed by atoms with Gasteiger partial charge in [0, 0.05) is 24.8 Å². The molecular formula is C29H43N5O8S. The second-order valence-corrected chi connectivity index (χ2v) is 11.9. The summed E-state index contributed by atoms with van der Waals surface area (Å²) in [4.78, 5) is 58.4. The highest BCUT2D eigenvalue weighted by Gasteiger charge is 2.41. The van der Waals surface area contributed by atoms with Gasteiger partial charge in [0.2, 0.25) is 0 Å². The van der Waals surface area contributed by atoms with Crippen LogP contribution in [0.5, 0.6) is 5.75 Å². The first-order chi connectivity index (χ1) is 20.3. The molecule has 0 bridgehead atoms. The first-order valence-electron chi connectivity index (χ1n) is 14.2. The zero-order valence-corrected chi connectivity index (χ0v) is 26.3. The van der Waals surface area contributed by atoms with Crippen LogP contribution >= 0.6 is 11.8 Å². The van der Waals surface area contributed by atoms with E-state index in [2.05, 4.69) is 27.4 Å². The monoisotopic (exact) mass is 621 g/mol. The van der Waals surface area contributed by atoms with Crippen molar-refractivity contribution in [3.8, 4) is 5.75 Å². The van der Waals surface area contributed by atoms with Gasteiger partial charge >= 0.3 is 17.7 Å². The second-order valence-electron chi connectivity index (χ2n) is 10.9. The molecule has 2 atom stereocenters. The molecule has 1 aromatic heterocycles. The molecule has 0 aromatic carbocycles. The maximum Gasteiger partial charge on any atom is 0.407 e. The van der Waals surface area contributed by atoms with Gasteiger partial charge in [0.05, 0.1) is 12.1 Å². The van der Waals surface area contributed by atoms with Gasteiger partial charge in [0.25, 0.3) is 5.91 Å². The minimum Gasteiger partial charge on any atom is -0.489 e. The summed E-state index contributed by atoms with van der Waals surface area (Å²) in [6.45, 7) is 13.1. The minimum atomic E-state index is -1.60. The van der Waals surface area contributed by atoms with Gasteiger partial charge in [-0.05, 0) is 47.0 Å². The maximum absolute atomic E-state index is 13.2. The van der Waals surface area contributed by atoms with Crippen LogP contribution in [-0.4, -0.2) is 58.9 Å².